The minimum atomic E-state index is -3.44. The molecule has 5 rings (SSSR count). The molecule has 212 valence electrons. The lowest BCUT2D eigenvalue weighted by molar-refractivity contribution is -0.0432. The van der Waals surface area contributed by atoms with E-state index in [1.54, 1.807) is 19.2 Å². The lowest BCUT2D eigenvalue weighted by Crippen LogP contribution is -2.45. The summed E-state index contributed by atoms with van der Waals surface area (Å²) >= 11 is 0. The second-order valence-electron chi connectivity index (χ2n) is 8.80. The molecule has 39 heavy (non-hydrogen) atoms. The zero-order valence-corrected chi connectivity index (χ0v) is 21.6. The van der Waals surface area contributed by atoms with Gasteiger partial charge in [-0.05, 0) is 18.6 Å². The van der Waals surface area contributed by atoms with Gasteiger partial charge in [-0.25, -0.2) is 44.6 Å². The topological polar surface area (TPSA) is 149 Å². The molecule has 4 aromatic rings. The lowest BCUT2D eigenvalue weighted by Gasteiger charge is -2.30. The Labute approximate surface area is 219 Å². The van der Waals surface area contributed by atoms with Crippen LogP contribution in [0.3, 0.4) is 0 Å². The summed E-state index contributed by atoms with van der Waals surface area (Å²) in [7, 11) is -1.82. The summed E-state index contributed by atoms with van der Waals surface area (Å²) in [5.41, 5.74) is 7.12. The number of anilines is 2. The number of aryl methyl sites for hydroxylation is 1. The highest BCUT2D eigenvalue weighted by Gasteiger charge is 2.38. The Balaban J connectivity index is 0.000000247. The number of pyridine rings is 1. The van der Waals surface area contributed by atoms with E-state index in [0.29, 0.717) is 16.9 Å². The maximum absolute atomic E-state index is 14.7. The number of nitrogen functional groups attached to an aromatic ring is 1. The minimum Gasteiger partial charge on any atom is -0.371 e. The summed E-state index contributed by atoms with van der Waals surface area (Å²) in [6.07, 6.45) is -0.707. The van der Waals surface area contributed by atoms with Crippen LogP contribution in [0.15, 0.2) is 18.3 Å². The van der Waals surface area contributed by atoms with Crippen molar-refractivity contribution in [1.29, 1.82) is 0 Å². The number of hydrogen-bond acceptors (Lipinski definition) is 9. The Hall–Kier alpha value is -3.67. The highest BCUT2D eigenvalue weighted by molar-refractivity contribution is 7.88. The second-order valence-corrected chi connectivity index (χ2v) is 10.8. The molecule has 0 atom stereocenters. The zero-order valence-electron chi connectivity index (χ0n) is 20.8. The zero-order chi connectivity index (χ0) is 28.5. The van der Waals surface area contributed by atoms with E-state index in [9.17, 15) is 30.4 Å². The predicted molar refractivity (Wildman–Crippen MR) is 132 cm³/mol. The van der Waals surface area contributed by atoms with E-state index in [2.05, 4.69) is 30.7 Å². The standard InChI is InChI=1S/C15H14F3N9.C6H11F2NO2S/c1-20-13-12-11(7(16)6-27(12)24-15(19)22-13)8-2-3-9-14(21-8)26(25-23-9)5-4-10(17)18;1-12(10,11)9-4-2-3-6(7,8)5-9/h2-3,6,10H,4-5H2,1H3,(H3,19,20,22,24);2-5H2,1H3. The summed E-state index contributed by atoms with van der Waals surface area (Å²) < 4.78 is 90.2. The summed E-state index contributed by atoms with van der Waals surface area (Å²) in [4.78, 5) is 8.45. The van der Waals surface area contributed by atoms with E-state index in [0.717, 1.165) is 10.6 Å². The minimum absolute atomic E-state index is 0.0221. The van der Waals surface area contributed by atoms with E-state index in [1.807, 2.05) is 0 Å². The van der Waals surface area contributed by atoms with Gasteiger partial charge in [0.25, 0.3) is 5.92 Å². The summed E-state index contributed by atoms with van der Waals surface area (Å²) in [6.45, 7) is -0.495. The number of alkyl halides is 4. The Morgan fingerprint density at radius 2 is 1.97 bits per heavy atom. The molecule has 1 fully saturated rings. The monoisotopic (exact) mass is 576 g/mol. The number of piperidine rings is 1. The Morgan fingerprint density at radius 1 is 1.23 bits per heavy atom. The smallest absolute Gasteiger partial charge is 0.261 e. The van der Waals surface area contributed by atoms with Gasteiger partial charge in [-0.15, -0.1) is 10.2 Å². The number of nitrogens with one attached hydrogen (secondary N) is 1. The van der Waals surface area contributed by atoms with Crippen LogP contribution in [0, 0.1) is 5.82 Å². The molecule has 0 amide bonds. The molecular weight excluding hydrogens is 551 g/mol. The van der Waals surface area contributed by atoms with Crippen molar-refractivity contribution in [3.63, 3.8) is 0 Å². The molecule has 12 nitrogen and oxygen atoms in total. The molecule has 1 aliphatic heterocycles. The molecule has 5 heterocycles. The van der Waals surface area contributed by atoms with Crippen LogP contribution < -0.4 is 11.1 Å². The average molecular weight is 577 g/mol. The molecule has 0 radical (unpaired) electrons. The fraction of sp³-hybridized carbons (Fsp3) is 0.476. The highest BCUT2D eigenvalue weighted by Crippen LogP contribution is 2.32. The van der Waals surface area contributed by atoms with Crippen molar-refractivity contribution in [1.82, 2.24) is 38.9 Å². The van der Waals surface area contributed by atoms with E-state index < -0.39 is 34.7 Å². The Bertz CT molecular complexity index is 1590. The summed E-state index contributed by atoms with van der Waals surface area (Å²) in [6, 6.07) is 3.17. The number of fused-ring (bicyclic) bond motifs is 2. The second kappa shape index (κ2) is 10.8. The first kappa shape index (κ1) is 28.3. The highest BCUT2D eigenvalue weighted by atomic mass is 32.2. The average Bonchev–Trinajstić information content (AvgIpc) is 3.40. The fourth-order valence-corrected chi connectivity index (χ4v) is 4.95. The van der Waals surface area contributed by atoms with Gasteiger partial charge in [0.2, 0.25) is 22.4 Å². The Kier molecular flexibility index (Phi) is 7.87. The van der Waals surface area contributed by atoms with Gasteiger partial charge in [-0.3, -0.25) is 0 Å². The quantitative estimate of drug-likeness (QED) is 0.330. The van der Waals surface area contributed by atoms with Crippen LogP contribution in [0.2, 0.25) is 0 Å². The molecule has 0 aromatic carbocycles. The van der Waals surface area contributed by atoms with Crippen LogP contribution in [0.1, 0.15) is 19.3 Å². The van der Waals surface area contributed by atoms with Crippen molar-refractivity contribution in [2.75, 3.05) is 37.4 Å². The summed E-state index contributed by atoms with van der Waals surface area (Å²) in [5.74, 6) is -3.12. The molecule has 0 bridgehead atoms. The van der Waals surface area contributed by atoms with Crippen molar-refractivity contribution in [3.05, 3.63) is 24.1 Å². The Morgan fingerprint density at radius 3 is 2.59 bits per heavy atom. The molecule has 18 heteroatoms. The van der Waals surface area contributed by atoms with Gasteiger partial charge in [-0.2, -0.15) is 9.29 Å². The first-order valence-electron chi connectivity index (χ1n) is 11.6. The number of hydrogen-bond donors (Lipinski definition) is 2. The summed E-state index contributed by atoms with van der Waals surface area (Å²) in [5, 5.41) is 14.6. The van der Waals surface area contributed by atoms with Gasteiger partial charge in [0, 0.05) is 26.4 Å². The van der Waals surface area contributed by atoms with Crippen molar-refractivity contribution in [3.8, 4) is 11.3 Å². The SMILES string of the molecule is CNc1nc(N)nn2cc(F)c(-c3ccc4nnn(CCC(F)F)c4n3)c12.CS(=O)(=O)N1CCCC(F)(F)C1. The molecule has 3 N–H and O–H groups in total. The third kappa shape index (κ3) is 6.32. The molecule has 0 unspecified atom stereocenters. The van der Waals surface area contributed by atoms with Crippen molar-refractivity contribution >= 4 is 38.5 Å². The largest absolute Gasteiger partial charge is 0.371 e. The van der Waals surface area contributed by atoms with E-state index >= 15 is 0 Å². The normalized spacial score (nSPS) is 16.0. The molecule has 0 saturated carbocycles. The molecule has 1 aliphatic rings. The lowest BCUT2D eigenvalue weighted by atomic mass is 10.1. The van der Waals surface area contributed by atoms with Gasteiger partial charge >= 0.3 is 0 Å². The van der Waals surface area contributed by atoms with E-state index in [-0.39, 0.29) is 55.2 Å². The molecule has 0 aliphatic carbocycles. The van der Waals surface area contributed by atoms with E-state index in [4.69, 9.17) is 5.73 Å². The molecular formula is C21H25F5N10O2S. The van der Waals surface area contributed by atoms with E-state index in [1.165, 1.54) is 15.4 Å². The van der Waals surface area contributed by atoms with Gasteiger partial charge < -0.3 is 11.1 Å². The number of aromatic nitrogens is 7. The van der Waals surface area contributed by atoms with Crippen LogP contribution in [0.4, 0.5) is 33.7 Å². The third-order valence-electron chi connectivity index (χ3n) is 5.84. The number of rotatable bonds is 6. The maximum atomic E-state index is 14.7. The maximum Gasteiger partial charge on any atom is 0.261 e. The van der Waals surface area contributed by atoms with Crippen molar-refractivity contribution < 1.29 is 30.4 Å². The number of sulfonamides is 1. The molecule has 4 aromatic heterocycles. The predicted octanol–water partition coefficient (Wildman–Crippen LogP) is 2.63. The first-order valence-corrected chi connectivity index (χ1v) is 13.5. The van der Waals surface area contributed by atoms with Crippen LogP contribution >= 0.6 is 0 Å². The van der Waals surface area contributed by atoms with Gasteiger partial charge in [0.1, 0.15) is 11.0 Å². The van der Waals surface area contributed by atoms with Crippen LogP contribution in [-0.4, -0.2) is 86.0 Å². The van der Waals surface area contributed by atoms with Gasteiger partial charge in [0.05, 0.1) is 36.8 Å². The molecule has 0 spiro atoms. The number of nitrogens with zero attached hydrogens (tertiary/aromatic N) is 8. The number of nitrogens with two attached hydrogens (primary N) is 1. The first-order chi connectivity index (χ1) is 18.3. The van der Waals surface area contributed by atoms with Crippen LogP contribution in [0.5, 0.6) is 0 Å². The third-order valence-corrected chi connectivity index (χ3v) is 7.09. The van der Waals surface area contributed by atoms with Crippen LogP contribution in [-0.2, 0) is 16.6 Å². The van der Waals surface area contributed by atoms with Gasteiger partial charge in [-0.1, -0.05) is 5.21 Å². The van der Waals surface area contributed by atoms with Gasteiger partial charge in [0.15, 0.2) is 17.3 Å². The number of halogens is 5. The molecule has 1 saturated heterocycles. The van der Waals surface area contributed by atoms with Crippen molar-refractivity contribution in [2.45, 2.75) is 38.2 Å². The van der Waals surface area contributed by atoms with Crippen molar-refractivity contribution in [2.24, 2.45) is 0 Å². The van der Waals surface area contributed by atoms with Crippen LogP contribution in [0.25, 0.3) is 27.9 Å². The fourth-order valence-electron chi connectivity index (χ4n) is 4.06.